The molecule has 4 N–H and O–H groups in total. The van der Waals surface area contributed by atoms with Gasteiger partial charge in [-0.05, 0) is 17.7 Å². The second kappa shape index (κ2) is 23.3. The van der Waals surface area contributed by atoms with Gasteiger partial charge in [0.25, 0.3) is 0 Å². The second-order valence-electron chi connectivity index (χ2n) is 4.75. The van der Waals surface area contributed by atoms with Gasteiger partial charge in [-0.1, -0.05) is 12.1 Å². The highest BCUT2D eigenvalue weighted by Crippen LogP contribution is 2.02. The van der Waals surface area contributed by atoms with Crippen LogP contribution in [-0.4, -0.2) is 60.2 Å². The molecule has 0 radical (unpaired) electrons. The molecule has 164 valence electrons. The van der Waals surface area contributed by atoms with Crippen LogP contribution in [0, 0.1) is 5.82 Å². The van der Waals surface area contributed by atoms with E-state index in [1.54, 1.807) is 33.3 Å². The quantitative estimate of drug-likeness (QED) is 0.305. The summed E-state index contributed by atoms with van der Waals surface area (Å²) in [5.74, 6) is -0.551. The number of hydroxylamine groups is 3. The highest BCUT2D eigenvalue weighted by atomic mass is 18.2. The van der Waals surface area contributed by atoms with E-state index >= 15 is 0 Å². The Morgan fingerprint density at radius 2 is 1.54 bits per heavy atom. The zero-order chi connectivity index (χ0) is 21.5. The largest absolute Gasteiger partial charge is 0.351 e. The summed E-state index contributed by atoms with van der Waals surface area (Å²) in [4.78, 5) is 24.5. The maximum atomic E-state index is 12.4. The fourth-order valence-electron chi connectivity index (χ4n) is 1.34. The summed E-state index contributed by atoms with van der Waals surface area (Å²) in [7, 11) is 4.88. The summed E-state index contributed by atoms with van der Waals surface area (Å²) in [5, 5.41) is 2.29. The molecule has 0 unspecified atom stereocenters. The minimum atomic E-state index is -0.550. The van der Waals surface area contributed by atoms with Crippen LogP contribution in [0.3, 0.4) is 0 Å². The lowest BCUT2D eigenvalue weighted by Crippen LogP contribution is -2.31. The van der Waals surface area contributed by atoms with Crippen LogP contribution >= 0.6 is 0 Å². The third-order valence-electron chi connectivity index (χ3n) is 2.59. The summed E-state index contributed by atoms with van der Waals surface area (Å²) in [5.41, 5.74) is 8.24. The number of hydrogen-bond donors (Lipinski definition) is 4. The van der Waals surface area contributed by atoms with Crippen LogP contribution < -0.4 is 21.8 Å². The average Bonchev–Trinajstić information content (AvgIpc) is 2.71. The maximum Gasteiger partial charge on any atom is 0.248 e. The van der Waals surface area contributed by atoms with E-state index in [4.69, 9.17) is 4.84 Å². The first kappa shape index (κ1) is 28.4. The van der Waals surface area contributed by atoms with E-state index in [1.807, 2.05) is 0 Å². The lowest BCUT2D eigenvalue weighted by Gasteiger charge is -2.01. The van der Waals surface area contributed by atoms with Crippen LogP contribution in [0.25, 0.3) is 0 Å². The van der Waals surface area contributed by atoms with Crippen LogP contribution in [0.5, 0.6) is 0 Å². The Morgan fingerprint density at radius 3 is 2.04 bits per heavy atom. The molecule has 0 spiro atoms. The van der Waals surface area contributed by atoms with Crippen molar-refractivity contribution in [3.05, 3.63) is 35.6 Å². The highest BCUT2D eigenvalue weighted by molar-refractivity contribution is 5.77. The molecule has 0 fully saturated rings. The molecular formula is C17H31F3N4O4. The molecule has 0 aliphatic rings. The number of carbonyl (C=O) groups excluding carboxylic acids is 1. The van der Waals surface area contributed by atoms with Gasteiger partial charge < -0.3 is 10.2 Å². The molecule has 0 bridgehead atoms. The van der Waals surface area contributed by atoms with Crippen LogP contribution in [0.2, 0.25) is 0 Å². The molecule has 0 heterocycles. The minimum absolute atomic E-state index is 0.0475. The summed E-state index contributed by atoms with van der Waals surface area (Å²) in [6, 6.07) is 6.20. The molecule has 1 amide bonds. The monoisotopic (exact) mass is 409 g/mol. The summed E-state index contributed by atoms with van der Waals surface area (Å²) >= 11 is 0. The lowest BCUT2D eigenvalue weighted by molar-refractivity contribution is -0.127. The Bertz CT molecular complexity index is 443. The van der Waals surface area contributed by atoms with E-state index < -0.39 is 6.67 Å². The predicted molar refractivity (Wildman–Crippen MR) is 99.8 cm³/mol. The molecule has 1 aromatic rings. The second-order valence-corrected chi connectivity index (χ2v) is 4.75. The van der Waals surface area contributed by atoms with Crippen LogP contribution in [0.4, 0.5) is 13.2 Å². The van der Waals surface area contributed by atoms with Gasteiger partial charge in [-0.2, -0.15) is 0 Å². The molecule has 1 rings (SSSR count). The van der Waals surface area contributed by atoms with Crippen molar-refractivity contribution >= 4 is 5.91 Å². The molecule has 0 aliphatic carbocycles. The van der Waals surface area contributed by atoms with Gasteiger partial charge >= 0.3 is 0 Å². The van der Waals surface area contributed by atoms with Gasteiger partial charge in [-0.15, -0.1) is 0 Å². The first-order valence-electron chi connectivity index (χ1n) is 8.54. The first-order valence-corrected chi connectivity index (χ1v) is 8.54. The van der Waals surface area contributed by atoms with Crippen molar-refractivity contribution in [1.82, 2.24) is 21.8 Å². The molecule has 0 aliphatic heterocycles. The van der Waals surface area contributed by atoms with Gasteiger partial charge in [-0.3, -0.25) is 18.9 Å². The zero-order valence-corrected chi connectivity index (χ0v) is 16.5. The van der Waals surface area contributed by atoms with E-state index in [0.717, 1.165) is 5.56 Å². The molecule has 1 aromatic carbocycles. The molecule has 28 heavy (non-hydrogen) atoms. The standard InChI is InChI=1S/C8H10FNO.C5H11FN2O2.C4H10FNO/c1-10-11-6-7-2-4-8(9)5-3-7;1-7-10-4-5(9)8-3-2-6;1-6-7-4-2-3-5/h2-5,10H,6H2,1H3;7H,2-4H2,1H3,(H,8,9);6H,2-4H2,1H3/i9-1;6-1;5-1. The van der Waals surface area contributed by atoms with Crippen molar-refractivity contribution < 1.29 is 32.5 Å². The molecule has 0 aromatic heterocycles. The average molecular weight is 409 g/mol. The minimum Gasteiger partial charge on any atom is -0.351 e. The van der Waals surface area contributed by atoms with Crippen molar-refractivity contribution in [1.29, 1.82) is 0 Å². The highest BCUT2D eigenvalue weighted by Gasteiger charge is 1.97. The van der Waals surface area contributed by atoms with Crippen molar-refractivity contribution in [2.45, 2.75) is 13.0 Å². The fraction of sp³-hybridized carbons (Fsp3) is 0.588. The van der Waals surface area contributed by atoms with Crippen molar-refractivity contribution in [3.8, 4) is 0 Å². The first-order chi connectivity index (χ1) is 13.5. The third kappa shape index (κ3) is 22.3. The smallest absolute Gasteiger partial charge is 0.248 e. The Labute approximate surface area is 164 Å². The van der Waals surface area contributed by atoms with E-state index in [0.29, 0.717) is 19.6 Å². The number of hydrogen-bond acceptors (Lipinski definition) is 7. The molecule has 0 saturated heterocycles. The number of halogens is 3. The van der Waals surface area contributed by atoms with Crippen molar-refractivity contribution in [2.24, 2.45) is 0 Å². The van der Waals surface area contributed by atoms with Gasteiger partial charge in [0.15, 0.2) is 0 Å². The van der Waals surface area contributed by atoms with E-state index in [1.165, 1.54) is 12.1 Å². The van der Waals surface area contributed by atoms with E-state index in [2.05, 4.69) is 31.4 Å². The number of carbonyl (C=O) groups is 1. The molecular weight excluding hydrogens is 378 g/mol. The topological polar surface area (TPSA) is 92.9 Å². The molecule has 0 saturated carbocycles. The fourth-order valence-corrected chi connectivity index (χ4v) is 1.34. The third-order valence-corrected chi connectivity index (χ3v) is 2.59. The lowest BCUT2D eigenvalue weighted by atomic mass is 10.2. The van der Waals surface area contributed by atoms with Crippen LogP contribution in [0.15, 0.2) is 24.3 Å². The van der Waals surface area contributed by atoms with Gasteiger partial charge in [0, 0.05) is 34.1 Å². The summed E-state index contributed by atoms with van der Waals surface area (Å²) < 4.78 is 35.0. The summed E-state index contributed by atoms with van der Waals surface area (Å²) in [6.07, 6.45) is 0.473. The van der Waals surface area contributed by atoms with Crippen LogP contribution in [0.1, 0.15) is 12.0 Å². The zero-order valence-electron chi connectivity index (χ0n) is 16.5. The van der Waals surface area contributed by atoms with Gasteiger partial charge in [0.05, 0.1) is 19.9 Å². The number of nitrogens with one attached hydrogen (secondary N) is 4. The molecule has 8 nitrogen and oxygen atoms in total. The molecule has 0 atom stereocenters. The van der Waals surface area contributed by atoms with E-state index in [-0.39, 0.29) is 31.6 Å². The van der Waals surface area contributed by atoms with Crippen LogP contribution in [-0.2, 0) is 25.9 Å². The number of benzene rings is 1. The number of alkyl halides is 2. The normalized spacial score (nSPS) is 9.64. The van der Waals surface area contributed by atoms with Gasteiger partial charge in [0.2, 0.25) is 5.91 Å². The van der Waals surface area contributed by atoms with Crippen molar-refractivity contribution in [3.63, 3.8) is 0 Å². The Hall–Kier alpha value is -1.76. The summed E-state index contributed by atoms with van der Waals surface area (Å²) in [6.45, 7) is 0.0131. The Morgan fingerprint density at radius 1 is 0.929 bits per heavy atom. The number of rotatable bonds is 12. The Balaban J connectivity index is 0. The van der Waals surface area contributed by atoms with Gasteiger partial charge in [0.1, 0.15) is 19.1 Å². The molecule has 11 heteroatoms. The maximum absolute atomic E-state index is 12.4. The predicted octanol–water partition coefficient (Wildman–Crippen LogP) is 1.20. The SMILES string of the molecule is CNOCC(=O)NCC[18F].CNOCCC[18F].CNOCc1ccc([18F])cc1. The Kier molecular flexibility index (Phi) is 23.7. The van der Waals surface area contributed by atoms with Crippen molar-refractivity contribution in [2.75, 3.05) is 54.3 Å². The van der Waals surface area contributed by atoms with E-state index in [9.17, 15) is 18.0 Å². The van der Waals surface area contributed by atoms with Gasteiger partial charge in [-0.25, -0.2) is 25.2 Å². The number of amides is 1.